The lowest BCUT2D eigenvalue weighted by Crippen LogP contribution is -2.37. The van der Waals surface area contributed by atoms with Gasteiger partial charge in [0, 0.05) is 0 Å². The maximum Gasteiger partial charge on any atom is 0.125 e. The summed E-state index contributed by atoms with van der Waals surface area (Å²) in [7, 11) is 0. The topological polar surface area (TPSA) is 29.5 Å². The fourth-order valence-corrected chi connectivity index (χ4v) is 2.55. The number of aliphatic hydroxyl groups excluding tert-OH is 1. The Morgan fingerprint density at radius 1 is 1.17 bits per heavy atom. The predicted octanol–water partition coefficient (Wildman–Crippen LogP) is 3.74. The first kappa shape index (κ1) is 13.4. The molecule has 0 amide bonds. The molecule has 1 aliphatic rings. The Labute approximate surface area is 110 Å². The van der Waals surface area contributed by atoms with Crippen LogP contribution in [0.15, 0.2) is 24.3 Å². The van der Waals surface area contributed by atoms with Crippen LogP contribution in [0.25, 0.3) is 0 Å². The quantitative estimate of drug-likeness (QED) is 0.883. The summed E-state index contributed by atoms with van der Waals surface area (Å²) in [5, 5.41) is 9.97. The summed E-state index contributed by atoms with van der Waals surface area (Å²) in [6.45, 7) is 6.59. The zero-order valence-corrected chi connectivity index (χ0v) is 11.6. The predicted molar refractivity (Wildman–Crippen MR) is 74.0 cm³/mol. The van der Waals surface area contributed by atoms with Crippen LogP contribution in [0.1, 0.15) is 51.5 Å². The molecule has 0 bridgehead atoms. The fourth-order valence-electron chi connectivity index (χ4n) is 2.55. The molecule has 0 radical (unpaired) electrons. The first-order valence-corrected chi connectivity index (χ1v) is 7.01. The summed E-state index contributed by atoms with van der Waals surface area (Å²) < 4.78 is 5.92. The molecule has 0 saturated heterocycles. The third-order valence-electron chi connectivity index (χ3n) is 3.85. The van der Waals surface area contributed by atoms with E-state index in [4.69, 9.17) is 4.74 Å². The summed E-state index contributed by atoms with van der Waals surface area (Å²) in [5.74, 6) is 2.06. The molecule has 0 heterocycles. The van der Waals surface area contributed by atoms with Crippen LogP contribution in [0.3, 0.4) is 0 Å². The molecule has 18 heavy (non-hydrogen) atoms. The highest BCUT2D eigenvalue weighted by Gasteiger charge is 2.28. The molecule has 1 aromatic rings. The summed E-state index contributed by atoms with van der Waals surface area (Å²) >= 11 is 0. The normalized spacial score (nSPS) is 28.4. The Bertz CT molecular complexity index is 369. The monoisotopic (exact) mass is 248 g/mol. The highest BCUT2D eigenvalue weighted by Crippen LogP contribution is 2.28. The van der Waals surface area contributed by atoms with Gasteiger partial charge in [-0.2, -0.15) is 0 Å². The largest absolute Gasteiger partial charge is 0.488 e. The van der Waals surface area contributed by atoms with Gasteiger partial charge in [-0.25, -0.2) is 0 Å². The van der Waals surface area contributed by atoms with E-state index in [-0.39, 0.29) is 12.2 Å². The molecular weight excluding hydrogens is 224 g/mol. The van der Waals surface area contributed by atoms with Gasteiger partial charge in [0.25, 0.3) is 0 Å². The van der Waals surface area contributed by atoms with Crippen molar-refractivity contribution in [2.75, 3.05) is 0 Å². The third-order valence-corrected chi connectivity index (χ3v) is 3.85. The Hall–Kier alpha value is -1.02. The van der Waals surface area contributed by atoms with Crippen LogP contribution in [0.4, 0.5) is 0 Å². The molecule has 0 aliphatic heterocycles. The van der Waals surface area contributed by atoms with E-state index < -0.39 is 0 Å². The van der Waals surface area contributed by atoms with E-state index in [1.807, 2.05) is 12.1 Å². The average Bonchev–Trinajstić information content (AvgIpc) is 2.34. The van der Waals surface area contributed by atoms with Crippen LogP contribution >= 0.6 is 0 Å². The summed E-state index contributed by atoms with van der Waals surface area (Å²) in [6, 6.07) is 8.25. The van der Waals surface area contributed by atoms with Gasteiger partial charge in [-0.05, 0) is 48.8 Å². The number of aliphatic hydroxyl groups is 1. The van der Waals surface area contributed by atoms with Gasteiger partial charge in [0.2, 0.25) is 0 Å². The molecule has 3 unspecified atom stereocenters. The van der Waals surface area contributed by atoms with E-state index in [1.165, 1.54) is 5.56 Å². The highest BCUT2D eigenvalue weighted by atomic mass is 16.5. The lowest BCUT2D eigenvalue weighted by atomic mass is 9.86. The standard InChI is InChI=1S/C16H24O2/c1-11(2)13-5-7-14(8-6-13)18-16-10-12(3)4-9-15(16)17/h5-8,11-12,15-17H,4,9-10H2,1-3H3. The smallest absolute Gasteiger partial charge is 0.125 e. The van der Waals surface area contributed by atoms with Crippen molar-refractivity contribution in [3.63, 3.8) is 0 Å². The van der Waals surface area contributed by atoms with E-state index in [0.717, 1.165) is 25.0 Å². The van der Waals surface area contributed by atoms with Crippen LogP contribution < -0.4 is 4.74 Å². The van der Waals surface area contributed by atoms with Crippen LogP contribution in [0.5, 0.6) is 5.75 Å². The molecule has 1 aliphatic carbocycles. The van der Waals surface area contributed by atoms with Crippen molar-refractivity contribution in [1.29, 1.82) is 0 Å². The second kappa shape index (κ2) is 5.75. The minimum atomic E-state index is -0.314. The Morgan fingerprint density at radius 2 is 1.83 bits per heavy atom. The Kier molecular flexibility index (Phi) is 4.28. The first-order valence-electron chi connectivity index (χ1n) is 7.01. The second-order valence-corrected chi connectivity index (χ2v) is 5.87. The van der Waals surface area contributed by atoms with E-state index in [0.29, 0.717) is 11.8 Å². The van der Waals surface area contributed by atoms with Crippen LogP contribution in [-0.4, -0.2) is 17.3 Å². The zero-order valence-electron chi connectivity index (χ0n) is 11.6. The van der Waals surface area contributed by atoms with Crippen molar-refractivity contribution in [3.05, 3.63) is 29.8 Å². The van der Waals surface area contributed by atoms with Crippen molar-refractivity contribution >= 4 is 0 Å². The molecule has 2 nitrogen and oxygen atoms in total. The van der Waals surface area contributed by atoms with Gasteiger partial charge in [-0.15, -0.1) is 0 Å². The number of hydrogen-bond acceptors (Lipinski definition) is 2. The van der Waals surface area contributed by atoms with Gasteiger partial charge in [0.05, 0.1) is 6.10 Å². The summed E-state index contributed by atoms with van der Waals surface area (Å²) in [4.78, 5) is 0. The lowest BCUT2D eigenvalue weighted by molar-refractivity contribution is -0.00759. The minimum Gasteiger partial charge on any atom is -0.488 e. The maximum atomic E-state index is 9.97. The highest BCUT2D eigenvalue weighted by molar-refractivity contribution is 5.29. The van der Waals surface area contributed by atoms with Gasteiger partial charge in [0.15, 0.2) is 0 Å². The molecule has 1 fully saturated rings. The van der Waals surface area contributed by atoms with Crippen molar-refractivity contribution in [2.45, 2.75) is 58.2 Å². The number of hydrogen-bond donors (Lipinski definition) is 1. The molecule has 100 valence electrons. The molecular formula is C16H24O2. The summed E-state index contributed by atoms with van der Waals surface area (Å²) in [6.07, 6.45) is 2.56. The number of rotatable bonds is 3. The van der Waals surface area contributed by atoms with E-state index >= 15 is 0 Å². The second-order valence-electron chi connectivity index (χ2n) is 5.87. The van der Waals surface area contributed by atoms with Gasteiger partial charge in [-0.3, -0.25) is 0 Å². The Balaban J connectivity index is 1.99. The molecule has 2 rings (SSSR count). The van der Waals surface area contributed by atoms with Gasteiger partial charge in [-0.1, -0.05) is 32.9 Å². The average molecular weight is 248 g/mol. The van der Waals surface area contributed by atoms with Gasteiger partial charge in [0.1, 0.15) is 11.9 Å². The molecule has 1 N–H and O–H groups in total. The number of benzene rings is 1. The molecule has 1 saturated carbocycles. The van der Waals surface area contributed by atoms with E-state index in [1.54, 1.807) is 0 Å². The van der Waals surface area contributed by atoms with Crippen molar-refractivity contribution < 1.29 is 9.84 Å². The number of ether oxygens (including phenoxy) is 1. The zero-order chi connectivity index (χ0) is 13.1. The lowest BCUT2D eigenvalue weighted by Gasteiger charge is -2.31. The van der Waals surface area contributed by atoms with Crippen LogP contribution in [0.2, 0.25) is 0 Å². The van der Waals surface area contributed by atoms with Gasteiger partial charge >= 0.3 is 0 Å². The fraction of sp³-hybridized carbons (Fsp3) is 0.625. The first-order chi connectivity index (χ1) is 8.56. The molecule has 3 atom stereocenters. The van der Waals surface area contributed by atoms with Crippen molar-refractivity contribution in [2.24, 2.45) is 5.92 Å². The summed E-state index contributed by atoms with van der Waals surface area (Å²) in [5.41, 5.74) is 1.32. The molecule has 2 heteroatoms. The molecule has 1 aromatic carbocycles. The Morgan fingerprint density at radius 3 is 2.44 bits per heavy atom. The molecule has 0 spiro atoms. The van der Waals surface area contributed by atoms with Gasteiger partial charge < -0.3 is 9.84 Å². The SMILES string of the molecule is CC1CCC(O)C(Oc2ccc(C(C)C)cc2)C1. The maximum absolute atomic E-state index is 9.97. The third kappa shape index (κ3) is 3.26. The molecule has 0 aromatic heterocycles. The van der Waals surface area contributed by atoms with Crippen molar-refractivity contribution in [3.8, 4) is 5.75 Å². The van der Waals surface area contributed by atoms with Crippen molar-refractivity contribution in [1.82, 2.24) is 0 Å². The van der Waals surface area contributed by atoms with E-state index in [2.05, 4.69) is 32.9 Å². The van der Waals surface area contributed by atoms with Crippen LogP contribution in [-0.2, 0) is 0 Å². The van der Waals surface area contributed by atoms with E-state index in [9.17, 15) is 5.11 Å². The minimum absolute atomic E-state index is 0.0429. The van der Waals surface area contributed by atoms with Crippen LogP contribution in [0, 0.1) is 5.92 Å².